The molecule has 33 heavy (non-hydrogen) atoms. The van der Waals surface area contributed by atoms with Gasteiger partial charge in [-0.05, 0) is 47.9 Å². The standard InChI is InChI=1S/C27H32O6/c1-26(2,3)24(25(29)30)27(12-13-27)15-33-22-19(9-11-21(31-4)23(22)32-5)17-6-8-18-16(14-17)7-10-20(18)28/h6,8-9,11,14,24H,7,10,12-13,15H2,1-5H3,(H,29,30). The van der Waals surface area contributed by atoms with E-state index >= 15 is 0 Å². The van der Waals surface area contributed by atoms with Crippen molar-refractivity contribution in [1.29, 1.82) is 0 Å². The molecule has 0 radical (unpaired) electrons. The summed E-state index contributed by atoms with van der Waals surface area (Å²) in [6.07, 6.45) is 2.90. The van der Waals surface area contributed by atoms with Gasteiger partial charge in [-0.3, -0.25) is 9.59 Å². The molecular weight excluding hydrogens is 420 g/mol. The second kappa shape index (κ2) is 8.40. The second-order valence-corrected chi connectivity index (χ2v) is 10.3. The highest BCUT2D eigenvalue weighted by Gasteiger charge is 2.57. The van der Waals surface area contributed by atoms with E-state index in [4.69, 9.17) is 14.2 Å². The first-order valence-corrected chi connectivity index (χ1v) is 11.4. The summed E-state index contributed by atoms with van der Waals surface area (Å²) in [7, 11) is 3.14. The SMILES string of the molecule is COc1ccc(-c2ccc3c(c2)CCC3=O)c(OCC2(C(C(=O)O)C(C)(C)C)CC2)c1OC. The number of benzene rings is 2. The lowest BCUT2D eigenvalue weighted by Gasteiger charge is -2.34. The van der Waals surface area contributed by atoms with E-state index in [9.17, 15) is 14.7 Å². The molecule has 0 bridgehead atoms. The van der Waals surface area contributed by atoms with Crippen molar-refractivity contribution in [2.45, 2.75) is 46.5 Å². The molecule has 2 aliphatic rings. The normalized spacial score (nSPS) is 17.3. The van der Waals surface area contributed by atoms with E-state index < -0.39 is 17.3 Å². The number of carbonyl (C=O) groups excluding carboxylic acids is 1. The maximum Gasteiger partial charge on any atom is 0.307 e. The quantitative estimate of drug-likeness (QED) is 0.577. The van der Waals surface area contributed by atoms with Gasteiger partial charge in [0.2, 0.25) is 5.75 Å². The van der Waals surface area contributed by atoms with Crippen LogP contribution >= 0.6 is 0 Å². The lowest BCUT2D eigenvalue weighted by Crippen LogP contribution is -2.39. The van der Waals surface area contributed by atoms with Gasteiger partial charge >= 0.3 is 5.97 Å². The van der Waals surface area contributed by atoms with Gasteiger partial charge in [-0.1, -0.05) is 39.0 Å². The van der Waals surface area contributed by atoms with Gasteiger partial charge in [0.25, 0.3) is 0 Å². The first-order valence-electron chi connectivity index (χ1n) is 11.4. The maximum absolute atomic E-state index is 12.2. The van der Waals surface area contributed by atoms with E-state index in [1.807, 2.05) is 51.1 Å². The van der Waals surface area contributed by atoms with Crippen LogP contribution in [0.4, 0.5) is 0 Å². The van der Waals surface area contributed by atoms with Crippen molar-refractivity contribution < 1.29 is 28.9 Å². The third kappa shape index (κ3) is 4.19. The van der Waals surface area contributed by atoms with E-state index in [-0.39, 0.29) is 17.8 Å². The number of aryl methyl sites for hydroxylation is 1. The number of ketones is 1. The Morgan fingerprint density at radius 2 is 1.73 bits per heavy atom. The average molecular weight is 453 g/mol. The Hall–Kier alpha value is -3.02. The molecule has 1 saturated carbocycles. The molecule has 6 nitrogen and oxygen atoms in total. The van der Waals surface area contributed by atoms with Crippen LogP contribution < -0.4 is 14.2 Å². The number of carboxylic acid groups (broad SMARTS) is 1. The van der Waals surface area contributed by atoms with Crippen LogP contribution in [0.25, 0.3) is 11.1 Å². The molecular formula is C27H32O6. The molecule has 0 saturated heterocycles. The molecule has 176 valence electrons. The zero-order valence-electron chi connectivity index (χ0n) is 20.0. The van der Waals surface area contributed by atoms with Crippen molar-refractivity contribution in [3.63, 3.8) is 0 Å². The van der Waals surface area contributed by atoms with E-state index in [0.717, 1.165) is 41.5 Å². The summed E-state index contributed by atoms with van der Waals surface area (Å²) < 4.78 is 17.6. The van der Waals surface area contributed by atoms with Crippen LogP contribution in [0.1, 0.15) is 56.0 Å². The molecule has 1 N–H and O–H groups in total. The number of carbonyl (C=O) groups is 2. The predicted octanol–water partition coefficient (Wildman–Crippen LogP) is 5.41. The summed E-state index contributed by atoms with van der Waals surface area (Å²) in [6, 6.07) is 9.60. The van der Waals surface area contributed by atoms with Gasteiger partial charge < -0.3 is 19.3 Å². The molecule has 0 heterocycles. The number of Topliss-reactive ketones (excluding diaryl/α,β-unsaturated/α-hetero) is 1. The molecule has 2 aliphatic carbocycles. The number of aliphatic carboxylic acids is 1. The fourth-order valence-electron chi connectivity index (χ4n) is 5.34. The number of hydrogen-bond acceptors (Lipinski definition) is 5. The summed E-state index contributed by atoms with van der Waals surface area (Å²) in [5, 5.41) is 9.98. The molecule has 1 atom stereocenters. The van der Waals surface area contributed by atoms with Crippen molar-refractivity contribution in [3.05, 3.63) is 41.5 Å². The van der Waals surface area contributed by atoms with Gasteiger partial charge in [-0.2, -0.15) is 0 Å². The third-order valence-electron chi connectivity index (χ3n) is 6.96. The third-order valence-corrected chi connectivity index (χ3v) is 6.96. The second-order valence-electron chi connectivity index (χ2n) is 10.3. The Kier molecular flexibility index (Phi) is 5.89. The average Bonchev–Trinajstić information content (AvgIpc) is 3.43. The van der Waals surface area contributed by atoms with Gasteiger partial charge in [0.15, 0.2) is 17.3 Å². The van der Waals surface area contributed by atoms with Gasteiger partial charge in [0.05, 0.1) is 26.7 Å². The minimum atomic E-state index is -0.787. The first kappa shape index (κ1) is 23.1. The highest BCUT2D eigenvalue weighted by molar-refractivity contribution is 6.01. The number of hydrogen-bond donors (Lipinski definition) is 1. The molecule has 0 aromatic heterocycles. The number of carboxylic acids is 1. The topological polar surface area (TPSA) is 82.1 Å². The predicted molar refractivity (Wildman–Crippen MR) is 125 cm³/mol. The van der Waals surface area contributed by atoms with Gasteiger partial charge in [-0.25, -0.2) is 0 Å². The number of fused-ring (bicyclic) bond motifs is 1. The van der Waals surface area contributed by atoms with Gasteiger partial charge in [0.1, 0.15) is 0 Å². The number of methoxy groups -OCH3 is 2. The summed E-state index contributed by atoms with van der Waals surface area (Å²) in [5.41, 5.74) is 2.77. The number of rotatable bonds is 8. The minimum absolute atomic E-state index is 0.179. The molecule has 4 rings (SSSR count). The van der Waals surface area contributed by atoms with E-state index in [2.05, 4.69) is 0 Å². The molecule has 1 unspecified atom stereocenters. The largest absolute Gasteiger partial charge is 0.493 e. The molecule has 0 spiro atoms. The Balaban J connectivity index is 1.73. The molecule has 2 aromatic rings. The van der Waals surface area contributed by atoms with Gasteiger partial charge in [-0.15, -0.1) is 0 Å². The summed E-state index contributed by atoms with van der Waals surface area (Å²) in [5.74, 6) is 0.428. The van der Waals surface area contributed by atoms with Crippen molar-refractivity contribution >= 4 is 11.8 Å². The summed E-state index contributed by atoms with van der Waals surface area (Å²) in [6.45, 7) is 6.18. The Bertz CT molecular complexity index is 1090. The highest BCUT2D eigenvalue weighted by Crippen LogP contribution is 2.58. The van der Waals surface area contributed by atoms with Crippen LogP contribution in [0.3, 0.4) is 0 Å². The molecule has 0 aliphatic heterocycles. The zero-order chi connectivity index (χ0) is 24.0. The smallest absolute Gasteiger partial charge is 0.307 e. The molecule has 2 aromatic carbocycles. The van der Waals surface area contributed by atoms with Crippen molar-refractivity contribution in [2.24, 2.45) is 16.7 Å². The fraction of sp³-hybridized carbons (Fsp3) is 0.481. The van der Waals surface area contributed by atoms with Gasteiger partial charge in [0, 0.05) is 23.0 Å². The fourth-order valence-corrected chi connectivity index (χ4v) is 5.34. The van der Waals surface area contributed by atoms with Crippen LogP contribution in [0, 0.1) is 16.7 Å². The lowest BCUT2D eigenvalue weighted by molar-refractivity contribution is -0.150. The molecule has 1 fully saturated rings. The van der Waals surface area contributed by atoms with Crippen LogP contribution in [0.15, 0.2) is 30.3 Å². The zero-order valence-corrected chi connectivity index (χ0v) is 20.0. The van der Waals surface area contributed by atoms with E-state index in [1.54, 1.807) is 14.2 Å². The summed E-state index contributed by atoms with van der Waals surface area (Å²) in [4.78, 5) is 24.2. The first-order chi connectivity index (χ1) is 15.6. The number of ether oxygens (including phenoxy) is 3. The van der Waals surface area contributed by atoms with Crippen molar-refractivity contribution in [3.8, 4) is 28.4 Å². The van der Waals surface area contributed by atoms with E-state index in [1.165, 1.54) is 0 Å². The monoisotopic (exact) mass is 452 g/mol. The summed E-state index contributed by atoms with van der Waals surface area (Å²) >= 11 is 0. The maximum atomic E-state index is 12.2. The van der Waals surface area contributed by atoms with Crippen molar-refractivity contribution in [1.82, 2.24) is 0 Å². The van der Waals surface area contributed by atoms with Crippen LogP contribution in [0.2, 0.25) is 0 Å². The molecule has 6 heteroatoms. The Morgan fingerprint density at radius 3 is 2.30 bits per heavy atom. The van der Waals surface area contributed by atoms with Crippen LogP contribution in [-0.4, -0.2) is 37.7 Å². The van der Waals surface area contributed by atoms with Crippen molar-refractivity contribution in [2.75, 3.05) is 20.8 Å². The van der Waals surface area contributed by atoms with Crippen LogP contribution in [0.5, 0.6) is 17.2 Å². The Morgan fingerprint density at radius 1 is 1.03 bits per heavy atom. The highest BCUT2D eigenvalue weighted by atomic mass is 16.5. The minimum Gasteiger partial charge on any atom is -0.493 e. The van der Waals surface area contributed by atoms with E-state index in [0.29, 0.717) is 23.7 Å². The lowest BCUT2D eigenvalue weighted by atomic mass is 9.71. The van der Waals surface area contributed by atoms with Crippen LogP contribution in [-0.2, 0) is 11.2 Å². The molecule has 0 amide bonds. The Labute approximate surface area is 194 Å².